The number of esters is 3. The molecule has 0 aromatic rings. The average molecular weight is 1460 g/mol. The van der Waals surface area contributed by atoms with Gasteiger partial charge in [0.05, 0.1) is 13.2 Å². The van der Waals surface area contributed by atoms with Gasteiger partial charge in [-0.15, -0.1) is 0 Å². The maximum absolute atomic E-state index is 14.4. The molecular weight excluding hydrogens is 1320 g/mol. The summed E-state index contributed by atoms with van der Waals surface area (Å²) in [5, 5.41) is 110. The lowest BCUT2D eigenvalue weighted by molar-refractivity contribution is -0.360. The predicted octanol–water partition coefficient (Wildman–Crippen LogP) is 11.7. The van der Waals surface area contributed by atoms with E-state index in [0.717, 1.165) is 89.9 Å². The highest BCUT2D eigenvalue weighted by atomic mass is 31.2. The lowest BCUT2D eigenvalue weighted by Gasteiger charge is -2.49. The van der Waals surface area contributed by atoms with Crippen molar-refractivity contribution in [2.24, 2.45) is 0 Å². The second-order valence-electron chi connectivity index (χ2n) is 28.8. The summed E-state index contributed by atoms with van der Waals surface area (Å²) in [4.78, 5) is 51.1. The van der Waals surface area contributed by atoms with E-state index in [2.05, 4.69) is 20.8 Å². The van der Waals surface area contributed by atoms with Crippen LogP contribution in [0.15, 0.2) is 0 Å². The van der Waals surface area contributed by atoms with Crippen LogP contribution in [0.1, 0.15) is 329 Å². The molecular formula is C75H141O24P. The Labute approximate surface area is 600 Å². The number of phosphoric ester groups is 1. The first-order chi connectivity index (χ1) is 48.3. The van der Waals surface area contributed by atoms with Crippen LogP contribution in [0.3, 0.4) is 0 Å². The molecule has 1 saturated carbocycles. The Hall–Kier alpha value is -2.04. The molecule has 590 valence electrons. The maximum atomic E-state index is 14.4. The molecule has 100 heavy (non-hydrogen) atoms. The van der Waals surface area contributed by atoms with Gasteiger partial charge in [0, 0.05) is 19.3 Å². The quantitative estimate of drug-likeness (QED) is 0.0117. The molecule has 3 rings (SSSR count). The summed E-state index contributed by atoms with van der Waals surface area (Å²) in [5.41, 5.74) is 0. The highest BCUT2D eigenvalue weighted by Gasteiger charge is 2.58. The molecule has 0 spiro atoms. The fraction of sp³-hybridized carbons (Fsp3) is 0.960. The molecule has 0 amide bonds. The summed E-state index contributed by atoms with van der Waals surface area (Å²) in [6, 6.07) is 0. The highest BCUT2D eigenvalue weighted by molar-refractivity contribution is 7.47. The molecule has 25 heteroatoms. The fourth-order valence-corrected chi connectivity index (χ4v) is 14.4. The second-order valence-corrected chi connectivity index (χ2v) is 30.2. The topological polar surface area (TPSA) is 374 Å². The van der Waals surface area contributed by atoms with Crippen molar-refractivity contribution in [3.05, 3.63) is 0 Å². The van der Waals surface area contributed by atoms with Gasteiger partial charge in [0.2, 0.25) is 0 Å². The van der Waals surface area contributed by atoms with Gasteiger partial charge in [0.1, 0.15) is 98.7 Å². The Morgan fingerprint density at radius 3 is 0.980 bits per heavy atom. The Bertz CT molecular complexity index is 2060. The third-order valence-corrected chi connectivity index (χ3v) is 20.9. The van der Waals surface area contributed by atoms with Crippen molar-refractivity contribution in [1.29, 1.82) is 0 Å². The van der Waals surface area contributed by atoms with Gasteiger partial charge in [0.15, 0.2) is 18.7 Å². The van der Waals surface area contributed by atoms with Gasteiger partial charge < -0.3 is 89.1 Å². The molecule has 0 aromatic carbocycles. The highest BCUT2D eigenvalue weighted by Crippen LogP contribution is 2.49. The van der Waals surface area contributed by atoms with E-state index in [0.29, 0.717) is 19.3 Å². The van der Waals surface area contributed by atoms with Crippen molar-refractivity contribution < 1.29 is 117 Å². The number of rotatable bonds is 63. The number of phosphoric acid groups is 1. The van der Waals surface area contributed by atoms with E-state index >= 15 is 0 Å². The fourth-order valence-electron chi connectivity index (χ4n) is 13.4. The van der Waals surface area contributed by atoms with Gasteiger partial charge in [-0.1, -0.05) is 290 Å². The number of carbonyl (C=O) groups excluding carboxylic acids is 3. The first kappa shape index (κ1) is 92.2. The van der Waals surface area contributed by atoms with E-state index in [-0.39, 0.29) is 19.3 Å². The Balaban J connectivity index is 1.71. The van der Waals surface area contributed by atoms with E-state index in [9.17, 15) is 74.9 Å². The first-order valence-corrected chi connectivity index (χ1v) is 41.3. The number of carbonyl (C=O) groups is 3. The van der Waals surface area contributed by atoms with Gasteiger partial charge in [-0.2, -0.15) is 0 Å². The number of aliphatic hydroxyl groups is 10. The molecule has 11 N–H and O–H groups in total. The van der Waals surface area contributed by atoms with E-state index < -0.39 is 156 Å². The molecule has 2 aliphatic heterocycles. The van der Waals surface area contributed by atoms with E-state index in [1.807, 2.05) is 0 Å². The largest absolute Gasteiger partial charge is 0.472 e. The maximum Gasteiger partial charge on any atom is 0.472 e. The van der Waals surface area contributed by atoms with Crippen LogP contribution in [0.2, 0.25) is 0 Å². The van der Waals surface area contributed by atoms with Gasteiger partial charge >= 0.3 is 25.7 Å². The number of unbranched alkanes of at least 4 members (excludes halogenated alkanes) is 42. The smallest absolute Gasteiger partial charge is 0.463 e. The van der Waals surface area contributed by atoms with Gasteiger partial charge in [-0.05, 0) is 19.3 Å². The van der Waals surface area contributed by atoms with Crippen LogP contribution in [-0.4, -0.2) is 204 Å². The number of hydrogen-bond acceptors (Lipinski definition) is 23. The second kappa shape index (κ2) is 57.2. The van der Waals surface area contributed by atoms with Crippen LogP contribution >= 0.6 is 7.82 Å². The lowest BCUT2D eigenvalue weighted by atomic mass is 9.84. The minimum absolute atomic E-state index is 0.0326. The van der Waals surface area contributed by atoms with Crippen LogP contribution in [0.25, 0.3) is 0 Å². The number of ether oxygens (including phenoxy) is 7. The van der Waals surface area contributed by atoms with Crippen molar-refractivity contribution in [3.8, 4) is 0 Å². The number of aliphatic hydroxyl groups excluding tert-OH is 10. The zero-order valence-electron chi connectivity index (χ0n) is 61.8. The minimum atomic E-state index is -5.69. The summed E-state index contributed by atoms with van der Waals surface area (Å²) in [6.45, 7) is 3.50. The standard InChI is InChI=1S/C75H141O24P/c1-4-7-10-13-16-19-22-25-28-30-33-36-39-42-45-48-51-61(79)94-56(53-91-59(77)49-46-43-40-37-35-32-29-26-23-20-17-14-11-8-5-2)54-93-100(89,90)99-73-71(97-74-69(87)64(82)62(80)57(52-76)95-74)67(85)66(84)68(86)72(73)98-75-70(88)65(83)63(81)58(96-75)55-92-60(78)50-47-44-41-38-34-31-27-24-21-18-15-12-9-6-3/h56-58,62-76,80-88H,4-55H2,1-3H3,(H,89,90). The lowest BCUT2D eigenvalue weighted by Crippen LogP contribution is -2.69. The van der Waals surface area contributed by atoms with E-state index in [4.69, 9.17) is 42.2 Å². The van der Waals surface area contributed by atoms with Crippen molar-refractivity contribution in [2.45, 2.75) is 433 Å². The monoisotopic (exact) mass is 1460 g/mol. The Kier molecular flexibility index (Phi) is 52.7. The Morgan fingerprint density at radius 2 is 0.640 bits per heavy atom. The van der Waals surface area contributed by atoms with E-state index in [1.165, 1.54) is 180 Å². The van der Waals surface area contributed by atoms with Gasteiger partial charge in [0.25, 0.3) is 0 Å². The molecule has 0 bridgehead atoms. The summed E-state index contributed by atoms with van der Waals surface area (Å²) < 4.78 is 65.2. The van der Waals surface area contributed by atoms with Crippen molar-refractivity contribution >= 4 is 25.7 Å². The summed E-state index contributed by atoms with van der Waals surface area (Å²) in [6.07, 6.45) is 15.7. The molecule has 2 heterocycles. The third kappa shape index (κ3) is 39.5. The van der Waals surface area contributed by atoms with Crippen LogP contribution in [0, 0.1) is 0 Å². The van der Waals surface area contributed by atoms with Crippen molar-refractivity contribution in [1.82, 2.24) is 0 Å². The zero-order chi connectivity index (χ0) is 73.2. The van der Waals surface area contributed by atoms with Crippen LogP contribution < -0.4 is 0 Å². The van der Waals surface area contributed by atoms with Crippen molar-refractivity contribution in [2.75, 3.05) is 26.4 Å². The zero-order valence-corrected chi connectivity index (χ0v) is 62.7. The Morgan fingerprint density at radius 1 is 0.350 bits per heavy atom. The molecule has 2 saturated heterocycles. The van der Waals surface area contributed by atoms with Gasteiger partial charge in [-0.25, -0.2) is 4.57 Å². The van der Waals surface area contributed by atoms with Crippen LogP contribution in [0.4, 0.5) is 0 Å². The van der Waals surface area contributed by atoms with Crippen LogP contribution in [-0.2, 0) is 61.2 Å². The summed E-state index contributed by atoms with van der Waals surface area (Å²) in [5.74, 6) is -1.97. The summed E-state index contributed by atoms with van der Waals surface area (Å²) >= 11 is 0. The van der Waals surface area contributed by atoms with Crippen LogP contribution in [0.5, 0.6) is 0 Å². The predicted molar refractivity (Wildman–Crippen MR) is 379 cm³/mol. The molecule has 0 aromatic heterocycles. The SMILES string of the molecule is CCCCCCCCCCCCCCCCCCC(=O)OC(COC(=O)CCCCCCCCCCCCCCCCC)COP(=O)(O)OC1C(OC2OC(CO)C(O)C(O)C2O)C(O)C(O)C(O)C1OC1OC(COC(=O)CCCCCCCCCCCCCCCC)C(O)C(O)C1O. The number of hydrogen-bond donors (Lipinski definition) is 11. The molecule has 3 fully saturated rings. The average Bonchev–Trinajstić information content (AvgIpc) is 0.762. The molecule has 1 aliphatic carbocycles. The molecule has 18 atom stereocenters. The molecule has 18 unspecified atom stereocenters. The normalized spacial score (nSPS) is 27.3. The molecule has 3 aliphatic rings. The summed E-state index contributed by atoms with van der Waals surface area (Å²) in [7, 11) is -5.69. The third-order valence-electron chi connectivity index (χ3n) is 19.9. The molecule has 24 nitrogen and oxygen atoms in total. The minimum Gasteiger partial charge on any atom is -0.463 e. The van der Waals surface area contributed by atoms with Gasteiger partial charge in [-0.3, -0.25) is 23.4 Å². The van der Waals surface area contributed by atoms with E-state index in [1.54, 1.807) is 0 Å². The first-order valence-electron chi connectivity index (χ1n) is 39.8. The van der Waals surface area contributed by atoms with Crippen molar-refractivity contribution in [3.63, 3.8) is 0 Å². The molecule has 0 radical (unpaired) electrons.